The normalized spacial score (nSPS) is 28.9. The average molecular weight is 272 g/mol. The summed E-state index contributed by atoms with van der Waals surface area (Å²) in [5.41, 5.74) is 2.93. The van der Waals surface area contributed by atoms with Crippen molar-refractivity contribution in [3.63, 3.8) is 0 Å². The topological polar surface area (TPSA) is 37.3 Å². The number of ketones is 1. The predicted molar refractivity (Wildman–Crippen MR) is 80.0 cm³/mol. The number of benzene rings is 1. The van der Waals surface area contributed by atoms with Gasteiger partial charge < -0.3 is 5.11 Å². The van der Waals surface area contributed by atoms with Crippen molar-refractivity contribution in [2.45, 2.75) is 63.7 Å². The Kier molecular flexibility index (Phi) is 3.57. The Hall–Kier alpha value is -1.31. The van der Waals surface area contributed by atoms with E-state index in [0.29, 0.717) is 17.5 Å². The van der Waals surface area contributed by atoms with E-state index >= 15 is 0 Å². The SMILES string of the molecule is CCCC[C@@]12CCC(=O)C[C@@H]1CCc1cc(O)ccc12. The van der Waals surface area contributed by atoms with E-state index < -0.39 is 0 Å². The highest BCUT2D eigenvalue weighted by Crippen LogP contribution is 2.52. The fourth-order valence-electron chi connectivity index (χ4n) is 4.43. The van der Waals surface area contributed by atoms with Crippen LogP contribution >= 0.6 is 0 Å². The monoisotopic (exact) mass is 272 g/mol. The van der Waals surface area contributed by atoms with Crippen LogP contribution in [0.1, 0.15) is 63.0 Å². The molecule has 1 aromatic carbocycles. The quantitative estimate of drug-likeness (QED) is 0.898. The molecule has 3 rings (SSSR count). The van der Waals surface area contributed by atoms with Crippen LogP contribution in [0, 0.1) is 5.92 Å². The molecule has 0 unspecified atom stereocenters. The van der Waals surface area contributed by atoms with Gasteiger partial charge in [0.1, 0.15) is 11.5 Å². The minimum absolute atomic E-state index is 0.200. The van der Waals surface area contributed by atoms with E-state index in [2.05, 4.69) is 13.0 Å². The third-order valence-corrected chi connectivity index (χ3v) is 5.47. The number of Topliss-reactive ketones (excluding diaryl/α,β-unsaturated/α-hetero) is 1. The number of aromatic hydroxyl groups is 1. The van der Waals surface area contributed by atoms with E-state index in [9.17, 15) is 9.90 Å². The summed E-state index contributed by atoms with van der Waals surface area (Å²) < 4.78 is 0. The summed E-state index contributed by atoms with van der Waals surface area (Å²) in [4.78, 5) is 11.9. The second kappa shape index (κ2) is 5.23. The second-order valence-electron chi connectivity index (χ2n) is 6.58. The first-order valence-electron chi connectivity index (χ1n) is 8.00. The van der Waals surface area contributed by atoms with Gasteiger partial charge in [-0.25, -0.2) is 0 Å². The molecule has 0 spiro atoms. The van der Waals surface area contributed by atoms with Crippen molar-refractivity contribution in [2.24, 2.45) is 5.92 Å². The van der Waals surface area contributed by atoms with Crippen molar-refractivity contribution < 1.29 is 9.90 Å². The van der Waals surface area contributed by atoms with E-state index in [1.165, 1.54) is 30.4 Å². The highest BCUT2D eigenvalue weighted by molar-refractivity contribution is 5.80. The van der Waals surface area contributed by atoms with Gasteiger partial charge in [0.2, 0.25) is 0 Å². The first kappa shape index (κ1) is 13.7. The summed E-state index contributed by atoms with van der Waals surface area (Å²) in [7, 11) is 0. The average Bonchev–Trinajstić information content (AvgIpc) is 2.45. The van der Waals surface area contributed by atoms with Crippen molar-refractivity contribution in [1.82, 2.24) is 0 Å². The smallest absolute Gasteiger partial charge is 0.133 e. The third kappa shape index (κ3) is 2.15. The Bertz CT molecular complexity index is 520. The highest BCUT2D eigenvalue weighted by Gasteiger charge is 2.46. The van der Waals surface area contributed by atoms with Gasteiger partial charge in [-0.05, 0) is 60.3 Å². The lowest BCUT2D eigenvalue weighted by atomic mass is 9.55. The van der Waals surface area contributed by atoms with Crippen molar-refractivity contribution in [3.05, 3.63) is 29.3 Å². The van der Waals surface area contributed by atoms with E-state index in [1.807, 2.05) is 12.1 Å². The Balaban J connectivity index is 2.04. The molecule has 1 aromatic rings. The van der Waals surface area contributed by atoms with Crippen LogP contribution in [0.3, 0.4) is 0 Å². The largest absolute Gasteiger partial charge is 0.508 e. The summed E-state index contributed by atoms with van der Waals surface area (Å²) in [6.45, 7) is 2.24. The van der Waals surface area contributed by atoms with Crippen LogP contribution in [0.5, 0.6) is 5.75 Å². The minimum atomic E-state index is 0.200. The Morgan fingerprint density at radius 3 is 3.00 bits per heavy atom. The van der Waals surface area contributed by atoms with Crippen LogP contribution in [0.2, 0.25) is 0 Å². The van der Waals surface area contributed by atoms with E-state index in [-0.39, 0.29) is 5.41 Å². The molecule has 0 aromatic heterocycles. The maximum absolute atomic E-state index is 11.9. The Labute approximate surface area is 121 Å². The minimum Gasteiger partial charge on any atom is -0.508 e. The number of phenolic OH excluding ortho intramolecular Hbond substituents is 1. The second-order valence-corrected chi connectivity index (χ2v) is 6.58. The molecular formula is C18H24O2. The molecule has 1 fully saturated rings. The predicted octanol–water partition coefficient (Wildman–Crippen LogP) is 4.14. The van der Waals surface area contributed by atoms with Gasteiger partial charge >= 0.3 is 0 Å². The molecule has 0 amide bonds. The van der Waals surface area contributed by atoms with Crippen LogP contribution in [-0.2, 0) is 16.6 Å². The van der Waals surface area contributed by atoms with E-state index in [4.69, 9.17) is 0 Å². The van der Waals surface area contributed by atoms with Crippen molar-refractivity contribution in [2.75, 3.05) is 0 Å². The van der Waals surface area contributed by atoms with Crippen LogP contribution in [0.25, 0.3) is 0 Å². The maximum atomic E-state index is 11.9. The number of unbranched alkanes of at least 4 members (excludes halogenated alkanes) is 1. The van der Waals surface area contributed by atoms with E-state index in [0.717, 1.165) is 32.1 Å². The summed E-state index contributed by atoms with van der Waals surface area (Å²) in [5.74, 6) is 1.34. The first-order chi connectivity index (χ1) is 9.65. The number of phenols is 1. The number of hydrogen-bond donors (Lipinski definition) is 1. The van der Waals surface area contributed by atoms with Gasteiger partial charge in [0.25, 0.3) is 0 Å². The van der Waals surface area contributed by atoms with Gasteiger partial charge in [0.15, 0.2) is 0 Å². The maximum Gasteiger partial charge on any atom is 0.133 e. The van der Waals surface area contributed by atoms with Crippen molar-refractivity contribution in [3.8, 4) is 5.75 Å². The molecule has 20 heavy (non-hydrogen) atoms. The van der Waals surface area contributed by atoms with Crippen molar-refractivity contribution in [1.29, 1.82) is 0 Å². The molecule has 108 valence electrons. The molecule has 0 radical (unpaired) electrons. The molecule has 0 bridgehead atoms. The van der Waals surface area contributed by atoms with Gasteiger partial charge in [-0.2, -0.15) is 0 Å². The molecule has 1 N–H and O–H groups in total. The standard InChI is InChI=1S/C18H24O2/c1-2-3-9-18-10-8-16(20)12-14(18)5-4-13-11-15(19)6-7-17(13)18/h6-7,11,14,19H,2-5,8-10,12H2,1H3/t14-,18+/m0/s1. The van der Waals surface area contributed by atoms with Gasteiger partial charge in [-0.15, -0.1) is 0 Å². The fraction of sp³-hybridized carbons (Fsp3) is 0.611. The first-order valence-corrected chi connectivity index (χ1v) is 8.00. The Morgan fingerprint density at radius 1 is 1.35 bits per heavy atom. The van der Waals surface area contributed by atoms with Crippen LogP contribution in [0.15, 0.2) is 18.2 Å². The van der Waals surface area contributed by atoms with Gasteiger partial charge in [-0.1, -0.05) is 25.8 Å². The summed E-state index contributed by atoms with van der Waals surface area (Å²) in [5, 5.41) is 9.73. The third-order valence-electron chi connectivity index (χ3n) is 5.47. The van der Waals surface area contributed by atoms with Crippen LogP contribution in [-0.4, -0.2) is 10.9 Å². The van der Waals surface area contributed by atoms with Crippen LogP contribution < -0.4 is 0 Å². The summed E-state index contributed by atoms with van der Waals surface area (Å²) in [6, 6.07) is 5.89. The number of aryl methyl sites for hydroxylation is 1. The van der Waals surface area contributed by atoms with Gasteiger partial charge in [0, 0.05) is 12.8 Å². The summed E-state index contributed by atoms with van der Waals surface area (Å²) >= 11 is 0. The Morgan fingerprint density at radius 2 is 2.20 bits per heavy atom. The zero-order chi connectivity index (χ0) is 14.2. The molecule has 2 aliphatic rings. The zero-order valence-corrected chi connectivity index (χ0v) is 12.3. The number of rotatable bonds is 3. The molecule has 0 saturated heterocycles. The lowest BCUT2D eigenvalue weighted by Gasteiger charge is -2.48. The zero-order valence-electron chi connectivity index (χ0n) is 12.3. The van der Waals surface area contributed by atoms with Crippen molar-refractivity contribution >= 4 is 5.78 Å². The molecule has 2 nitrogen and oxygen atoms in total. The van der Waals surface area contributed by atoms with Gasteiger partial charge in [0.05, 0.1) is 0 Å². The molecule has 2 atom stereocenters. The lowest BCUT2D eigenvalue weighted by molar-refractivity contribution is -0.123. The van der Waals surface area contributed by atoms with E-state index in [1.54, 1.807) is 0 Å². The molecule has 2 aliphatic carbocycles. The number of hydrogen-bond acceptors (Lipinski definition) is 2. The number of fused-ring (bicyclic) bond motifs is 3. The molecule has 1 saturated carbocycles. The molecular weight excluding hydrogens is 248 g/mol. The lowest BCUT2D eigenvalue weighted by Crippen LogP contribution is -2.44. The highest BCUT2D eigenvalue weighted by atomic mass is 16.3. The molecule has 0 aliphatic heterocycles. The number of carbonyl (C=O) groups excluding carboxylic acids is 1. The van der Waals surface area contributed by atoms with Crippen LogP contribution in [0.4, 0.5) is 0 Å². The molecule has 0 heterocycles. The number of carbonyl (C=O) groups is 1. The fourth-order valence-corrected chi connectivity index (χ4v) is 4.43. The van der Waals surface area contributed by atoms with Gasteiger partial charge in [-0.3, -0.25) is 4.79 Å². The molecule has 2 heteroatoms. The summed E-state index contributed by atoms with van der Waals surface area (Å²) in [6.07, 6.45) is 8.25.